The van der Waals surface area contributed by atoms with Gasteiger partial charge in [-0.2, -0.15) is 0 Å². The summed E-state index contributed by atoms with van der Waals surface area (Å²) in [6.45, 7) is 1.62. The molecule has 8 nitrogen and oxygen atoms in total. The van der Waals surface area contributed by atoms with E-state index >= 15 is 0 Å². The first-order chi connectivity index (χ1) is 15.8. The summed E-state index contributed by atoms with van der Waals surface area (Å²) in [5, 5.41) is 0. The van der Waals surface area contributed by atoms with Crippen LogP contribution in [0.4, 0.5) is 5.69 Å². The summed E-state index contributed by atoms with van der Waals surface area (Å²) >= 11 is 0. The van der Waals surface area contributed by atoms with Gasteiger partial charge in [-0.3, -0.25) is 18.8 Å². The van der Waals surface area contributed by atoms with Crippen molar-refractivity contribution in [3.63, 3.8) is 0 Å². The molecule has 2 aromatic heterocycles. The van der Waals surface area contributed by atoms with E-state index in [-0.39, 0.29) is 51.6 Å². The molecule has 162 valence electrons. The van der Waals surface area contributed by atoms with Crippen LogP contribution in [-0.4, -0.2) is 26.9 Å². The predicted molar refractivity (Wildman–Crippen MR) is 119 cm³/mol. The lowest BCUT2D eigenvalue weighted by molar-refractivity contribution is 0.0468. The van der Waals surface area contributed by atoms with Gasteiger partial charge in [-0.25, -0.2) is 9.78 Å². The van der Waals surface area contributed by atoms with Gasteiger partial charge in [-0.15, -0.1) is 0 Å². The number of hydrogen-bond acceptors (Lipinski definition) is 7. The van der Waals surface area contributed by atoms with Gasteiger partial charge in [0, 0.05) is 29.0 Å². The van der Waals surface area contributed by atoms with E-state index in [1.54, 1.807) is 42.6 Å². The number of rotatable bonds is 3. The standard InChI is InChI=1S/C25H17N3O5/c1-13-8-9-28-19(10-13)27-14(11-20(28)29)12-33-25(32)18-7-6-17-21(22(18)26)24(31)16-5-3-2-4-15(16)23(17)30/h2-11H,12,26H2,1H3. The number of hydrogen-bond donors (Lipinski definition) is 1. The van der Waals surface area contributed by atoms with Crippen molar-refractivity contribution in [2.24, 2.45) is 0 Å². The highest BCUT2D eigenvalue weighted by molar-refractivity contribution is 6.30. The summed E-state index contributed by atoms with van der Waals surface area (Å²) in [4.78, 5) is 55.2. The summed E-state index contributed by atoms with van der Waals surface area (Å²) in [6.07, 6.45) is 1.63. The summed E-state index contributed by atoms with van der Waals surface area (Å²) < 4.78 is 6.72. The fraction of sp³-hybridized carbons (Fsp3) is 0.0800. The van der Waals surface area contributed by atoms with Crippen LogP contribution >= 0.6 is 0 Å². The summed E-state index contributed by atoms with van der Waals surface area (Å²) in [5.74, 6) is -1.55. The van der Waals surface area contributed by atoms with Crippen LogP contribution in [0.5, 0.6) is 0 Å². The number of ketones is 2. The first-order valence-electron chi connectivity index (χ1n) is 10.1. The van der Waals surface area contributed by atoms with E-state index in [4.69, 9.17) is 10.5 Å². The van der Waals surface area contributed by atoms with E-state index in [2.05, 4.69) is 4.98 Å². The minimum Gasteiger partial charge on any atom is -0.456 e. The van der Waals surface area contributed by atoms with Gasteiger partial charge >= 0.3 is 5.97 Å². The number of esters is 1. The molecule has 2 aromatic carbocycles. The summed E-state index contributed by atoms with van der Waals surface area (Å²) in [7, 11) is 0. The Bertz CT molecular complexity index is 1570. The minimum absolute atomic E-state index is 0.00861. The molecule has 0 atom stereocenters. The maximum Gasteiger partial charge on any atom is 0.340 e. The van der Waals surface area contributed by atoms with Crippen LogP contribution < -0.4 is 11.3 Å². The predicted octanol–water partition coefficient (Wildman–Crippen LogP) is 2.72. The zero-order valence-electron chi connectivity index (χ0n) is 17.5. The SMILES string of the molecule is Cc1ccn2c(=O)cc(COC(=O)c3ccc4c(c3N)C(=O)c3ccccc3C4=O)nc2c1. The van der Waals surface area contributed by atoms with Crippen molar-refractivity contribution in [3.05, 3.63) is 110 Å². The first-order valence-corrected chi connectivity index (χ1v) is 10.1. The van der Waals surface area contributed by atoms with E-state index in [1.165, 1.54) is 22.6 Å². The number of nitrogen functional groups attached to an aromatic ring is 1. The Morgan fingerprint density at radius 3 is 2.45 bits per heavy atom. The molecule has 0 aliphatic heterocycles. The van der Waals surface area contributed by atoms with Crippen molar-refractivity contribution in [1.82, 2.24) is 9.38 Å². The molecule has 0 saturated heterocycles. The molecule has 0 saturated carbocycles. The molecule has 1 aliphatic carbocycles. The average molecular weight is 439 g/mol. The zero-order valence-corrected chi connectivity index (χ0v) is 17.5. The molecular formula is C25H17N3O5. The van der Waals surface area contributed by atoms with Crippen LogP contribution in [0.15, 0.2) is 65.6 Å². The number of aromatic nitrogens is 2. The van der Waals surface area contributed by atoms with Gasteiger partial charge in [0.2, 0.25) is 0 Å². The Labute approximate surface area is 187 Å². The Morgan fingerprint density at radius 1 is 0.970 bits per heavy atom. The van der Waals surface area contributed by atoms with Crippen molar-refractivity contribution in [3.8, 4) is 0 Å². The molecule has 8 heteroatoms. The number of fused-ring (bicyclic) bond motifs is 3. The topological polar surface area (TPSA) is 121 Å². The van der Waals surface area contributed by atoms with E-state index in [0.717, 1.165) is 5.56 Å². The Hall–Kier alpha value is -4.59. The van der Waals surface area contributed by atoms with Crippen LogP contribution in [0.1, 0.15) is 53.5 Å². The second-order valence-electron chi connectivity index (χ2n) is 7.75. The maximum atomic E-state index is 13.0. The molecule has 0 fully saturated rings. The Kier molecular flexibility index (Phi) is 4.63. The molecule has 0 radical (unpaired) electrons. The molecule has 2 N–H and O–H groups in total. The highest BCUT2D eigenvalue weighted by Crippen LogP contribution is 2.33. The lowest BCUT2D eigenvalue weighted by Crippen LogP contribution is -2.24. The van der Waals surface area contributed by atoms with E-state index in [1.807, 2.05) is 6.92 Å². The third-order valence-electron chi connectivity index (χ3n) is 5.58. The molecule has 4 aromatic rings. The highest BCUT2D eigenvalue weighted by atomic mass is 16.5. The number of nitrogens with zero attached hydrogens (tertiary/aromatic N) is 2. The van der Waals surface area contributed by atoms with E-state index in [0.29, 0.717) is 11.2 Å². The number of benzene rings is 2. The van der Waals surface area contributed by atoms with Crippen LogP contribution in [-0.2, 0) is 11.3 Å². The van der Waals surface area contributed by atoms with Gasteiger partial charge in [0.1, 0.15) is 12.3 Å². The minimum atomic E-state index is -0.791. The van der Waals surface area contributed by atoms with Crippen molar-refractivity contribution < 1.29 is 19.1 Å². The highest BCUT2D eigenvalue weighted by Gasteiger charge is 2.33. The van der Waals surface area contributed by atoms with Crippen LogP contribution in [0, 0.1) is 6.92 Å². The van der Waals surface area contributed by atoms with Gasteiger partial charge in [-0.1, -0.05) is 24.3 Å². The normalized spacial score (nSPS) is 12.4. The third-order valence-corrected chi connectivity index (χ3v) is 5.58. The number of ether oxygens (including phenoxy) is 1. The lowest BCUT2D eigenvalue weighted by atomic mass is 9.82. The summed E-state index contributed by atoms with van der Waals surface area (Å²) in [6, 6.07) is 14.1. The van der Waals surface area contributed by atoms with Crippen LogP contribution in [0.3, 0.4) is 0 Å². The van der Waals surface area contributed by atoms with Gasteiger partial charge in [0.25, 0.3) is 5.56 Å². The number of carbonyl (C=O) groups excluding carboxylic acids is 3. The fourth-order valence-electron chi connectivity index (χ4n) is 3.94. The number of anilines is 1. The molecule has 1 aliphatic rings. The first kappa shape index (κ1) is 20.3. The molecule has 0 bridgehead atoms. The van der Waals surface area contributed by atoms with Crippen LogP contribution in [0.2, 0.25) is 0 Å². The second-order valence-corrected chi connectivity index (χ2v) is 7.75. The quantitative estimate of drug-likeness (QED) is 0.339. The van der Waals surface area contributed by atoms with Crippen molar-refractivity contribution in [1.29, 1.82) is 0 Å². The second kappa shape index (κ2) is 7.52. The van der Waals surface area contributed by atoms with Gasteiger partial charge in [0.05, 0.1) is 22.5 Å². The largest absolute Gasteiger partial charge is 0.456 e. The molecule has 5 rings (SSSR count). The van der Waals surface area contributed by atoms with Crippen molar-refractivity contribution in [2.45, 2.75) is 13.5 Å². The molecule has 33 heavy (non-hydrogen) atoms. The van der Waals surface area contributed by atoms with Gasteiger partial charge in [0.15, 0.2) is 11.6 Å². The summed E-state index contributed by atoms with van der Waals surface area (Å²) in [5.41, 5.74) is 8.01. The number of pyridine rings is 1. The Balaban J connectivity index is 1.45. The molecule has 0 amide bonds. The van der Waals surface area contributed by atoms with E-state index < -0.39 is 11.8 Å². The molecule has 0 spiro atoms. The zero-order chi connectivity index (χ0) is 23.3. The molecule has 0 unspecified atom stereocenters. The van der Waals surface area contributed by atoms with E-state index in [9.17, 15) is 19.2 Å². The van der Waals surface area contributed by atoms with Gasteiger partial charge < -0.3 is 10.5 Å². The number of aryl methyl sites for hydroxylation is 1. The Morgan fingerprint density at radius 2 is 1.70 bits per heavy atom. The van der Waals surface area contributed by atoms with Crippen molar-refractivity contribution >= 4 is 28.9 Å². The average Bonchev–Trinajstić information content (AvgIpc) is 2.80. The maximum absolute atomic E-state index is 13.0. The lowest BCUT2D eigenvalue weighted by Gasteiger charge is -2.20. The number of carbonyl (C=O) groups is 3. The molecule has 2 heterocycles. The van der Waals surface area contributed by atoms with Crippen LogP contribution in [0.25, 0.3) is 5.65 Å². The molecular weight excluding hydrogens is 422 g/mol. The fourth-order valence-corrected chi connectivity index (χ4v) is 3.94. The van der Waals surface area contributed by atoms with Gasteiger partial charge in [-0.05, 0) is 36.8 Å². The van der Waals surface area contributed by atoms with Crippen molar-refractivity contribution in [2.75, 3.05) is 5.73 Å². The third kappa shape index (κ3) is 3.28. The smallest absolute Gasteiger partial charge is 0.340 e. The number of nitrogens with two attached hydrogens (primary N) is 1. The monoisotopic (exact) mass is 439 g/mol.